The molecule has 0 saturated carbocycles. The van der Waals surface area contributed by atoms with Crippen LogP contribution in [0.4, 0.5) is 15.6 Å². The number of imide groups is 1. The van der Waals surface area contributed by atoms with Crippen molar-refractivity contribution in [3.8, 4) is 0 Å². The molecule has 1 saturated heterocycles. The van der Waals surface area contributed by atoms with Crippen molar-refractivity contribution in [2.45, 2.75) is 0 Å². The largest absolute Gasteiger partial charge is 0.322 e. The minimum Gasteiger partial charge on any atom is -0.322 e. The first-order chi connectivity index (χ1) is 12.9. The highest BCUT2D eigenvalue weighted by Crippen LogP contribution is 2.30. The van der Waals surface area contributed by atoms with Gasteiger partial charge in [0.2, 0.25) is 11.8 Å². The number of carbonyl (C=O) groups excluding carboxylic acids is 4. The van der Waals surface area contributed by atoms with Crippen molar-refractivity contribution in [3.63, 3.8) is 0 Å². The smallest absolute Gasteiger partial charge is 0.294 e. The third-order valence-electron chi connectivity index (χ3n) is 3.23. The lowest BCUT2D eigenvalue weighted by molar-refractivity contribution is -0.127. The molecule has 1 aliphatic heterocycles. The molecule has 3 rings (SSSR count). The number of amides is 4. The summed E-state index contributed by atoms with van der Waals surface area (Å²) in [5.41, 5.74) is 0.489. The zero-order valence-electron chi connectivity index (χ0n) is 13.5. The number of hydrogen-bond acceptors (Lipinski definition) is 7. The van der Waals surface area contributed by atoms with Gasteiger partial charge in [0.1, 0.15) is 6.54 Å². The second-order valence-electron chi connectivity index (χ2n) is 5.15. The maximum Gasteiger partial charge on any atom is 0.294 e. The van der Waals surface area contributed by atoms with E-state index >= 15 is 0 Å². The topological polar surface area (TPSA) is 108 Å². The van der Waals surface area contributed by atoms with Crippen LogP contribution in [0.25, 0.3) is 0 Å². The fourth-order valence-electron chi connectivity index (χ4n) is 2.05. The Morgan fingerprint density at radius 1 is 1.19 bits per heavy atom. The van der Waals surface area contributed by atoms with Crippen LogP contribution < -0.4 is 10.6 Å². The van der Waals surface area contributed by atoms with E-state index in [1.807, 2.05) is 0 Å². The van der Waals surface area contributed by atoms with E-state index in [0.29, 0.717) is 27.6 Å². The van der Waals surface area contributed by atoms with Gasteiger partial charge in [-0.25, -0.2) is 4.98 Å². The maximum atomic E-state index is 12.3. The Kier molecular flexibility index (Phi) is 5.89. The first kappa shape index (κ1) is 19.1. The molecule has 0 radical (unpaired) electrons. The zero-order valence-corrected chi connectivity index (χ0v) is 15.9. The van der Waals surface area contributed by atoms with E-state index < -0.39 is 29.5 Å². The maximum absolute atomic E-state index is 12.3. The van der Waals surface area contributed by atoms with Gasteiger partial charge in [-0.05, 0) is 36.0 Å². The summed E-state index contributed by atoms with van der Waals surface area (Å²) in [7, 11) is 0. The minimum absolute atomic E-state index is 0.0616. The van der Waals surface area contributed by atoms with Crippen LogP contribution in [0.1, 0.15) is 0 Å². The van der Waals surface area contributed by atoms with E-state index in [4.69, 9.17) is 11.6 Å². The fourth-order valence-corrected chi connectivity index (χ4v) is 3.53. The van der Waals surface area contributed by atoms with E-state index in [2.05, 4.69) is 15.6 Å². The second kappa shape index (κ2) is 8.33. The Bertz CT molecular complexity index is 928. The Labute approximate surface area is 166 Å². The predicted molar refractivity (Wildman–Crippen MR) is 104 cm³/mol. The molecule has 0 aliphatic carbocycles. The van der Waals surface area contributed by atoms with Gasteiger partial charge < -0.3 is 10.6 Å². The Balaban J connectivity index is 1.62. The van der Waals surface area contributed by atoms with E-state index in [1.165, 1.54) is 17.5 Å². The molecule has 0 spiro atoms. The third-order valence-corrected chi connectivity index (χ3v) is 5.08. The number of aromatic nitrogens is 1. The van der Waals surface area contributed by atoms with Crippen LogP contribution in [0.5, 0.6) is 0 Å². The van der Waals surface area contributed by atoms with Gasteiger partial charge >= 0.3 is 0 Å². The molecule has 1 aromatic carbocycles. The number of anilines is 2. The molecule has 27 heavy (non-hydrogen) atoms. The van der Waals surface area contributed by atoms with Crippen molar-refractivity contribution >= 4 is 68.5 Å². The molecule has 0 bridgehead atoms. The highest BCUT2D eigenvalue weighted by molar-refractivity contribution is 8.18. The lowest BCUT2D eigenvalue weighted by Crippen LogP contribution is -2.36. The summed E-state index contributed by atoms with van der Waals surface area (Å²) in [6.45, 7) is -0.458. The van der Waals surface area contributed by atoms with Gasteiger partial charge in [-0.3, -0.25) is 24.1 Å². The number of nitrogens with one attached hydrogen (secondary N) is 2. The van der Waals surface area contributed by atoms with E-state index in [1.54, 1.807) is 29.6 Å². The number of nitrogens with zero attached hydrogens (tertiary/aromatic N) is 2. The predicted octanol–water partition coefficient (Wildman–Crippen LogP) is 2.95. The minimum atomic E-state index is -0.703. The molecule has 1 aliphatic rings. The van der Waals surface area contributed by atoms with Crippen molar-refractivity contribution in [1.29, 1.82) is 0 Å². The molecule has 2 heterocycles. The van der Waals surface area contributed by atoms with Crippen LogP contribution in [0.3, 0.4) is 0 Å². The van der Waals surface area contributed by atoms with Gasteiger partial charge in [-0.15, -0.1) is 11.3 Å². The van der Waals surface area contributed by atoms with E-state index in [9.17, 15) is 19.2 Å². The summed E-state index contributed by atoms with van der Waals surface area (Å²) < 4.78 is 0. The van der Waals surface area contributed by atoms with Gasteiger partial charge in [0.15, 0.2) is 5.13 Å². The normalized spacial score (nSPS) is 15.3. The first-order valence-corrected chi connectivity index (χ1v) is 9.51. The number of thiazole rings is 1. The Morgan fingerprint density at radius 2 is 1.93 bits per heavy atom. The highest BCUT2D eigenvalue weighted by Gasteiger charge is 2.36. The molecule has 138 valence electrons. The summed E-state index contributed by atoms with van der Waals surface area (Å²) in [4.78, 5) is 52.9. The van der Waals surface area contributed by atoms with Gasteiger partial charge in [-0.2, -0.15) is 0 Å². The molecular formula is C16H11ClN4O4S2. The second-order valence-corrected chi connectivity index (χ2v) is 7.47. The lowest BCUT2D eigenvalue weighted by atomic mass is 10.3. The molecule has 1 aromatic heterocycles. The lowest BCUT2D eigenvalue weighted by Gasteiger charge is -2.11. The van der Waals surface area contributed by atoms with E-state index in [0.717, 1.165) is 11.0 Å². The molecule has 2 N–H and O–H groups in total. The molecule has 4 amide bonds. The molecule has 1 fully saturated rings. The average Bonchev–Trinajstić information content (AvgIpc) is 3.21. The van der Waals surface area contributed by atoms with Crippen LogP contribution in [-0.2, 0) is 14.4 Å². The summed E-state index contributed by atoms with van der Waals surface area (Å²) in [6.07, 6.45) is 2.54. The number of hydrogen-bond donors (Lipinski definition) is 2. The first-order valence-electron chi connectivity index (χ1n) is 7.43. The fraction of sp³-hybridized carbons (Fsp3) is 0.0625. The number of carbonyl (C=O) groups is 4. The van der Waals surface area contributed by atoms with Gasteiger partial charge in [0.05, 0.1) is 4.91 Å². The number of halogens is 1. The number of rotatable bonds is 5. The van der Waals surface area contributed by atoms with Gasteiger partial charge in [0, 0.05) is 28.4 Å². The summed E-state index contributed by atoms with van der Waals surface area (Å²) >= 11 is 7.58. The molecule has 0 atom stereocenters. The summed E-state index contributed by atoms with van der Waals surface area (Å²) in [5, 5.41) is 6.98. The standard InChI is InChI=1S/C16H11ClN4O4S2/c17-9-1-3-10(4-2-9)19-12(22)7-11-14(24)21(16(25)27-11)8-13(23)20-15-18-5-6-26-15/h1-7H,8H2,(H,19,22)(H,18,20,23)/b11-7-. The van der Waals surface area contributed by atoms with Crippen LogP contribution in [-0.4, -0.2) is 39.4 Å². The van der Waals surface area contributed by atoms with Crippen molar-refractivity contribution in [2.24, 2.45) is 0 Å². The van der Waals surface area contributed by atoms with Crippen LogP contribution in [0.2, 0.25) is 5.02 Å². The van der Waals surface area contributed by atoms with Gasteiger partial charge in [0.25, 0.3) is 11.1 Å². The average molecular weight is 423 g/mol. The van der Waals surface area contributed by atoms with Crippen molar-refractivity contribution in [3.05, 3.63) is 51.8 Å². The van der Waals surface area contributed by atoms with E-state index in [-0.39, 0.29) is 4.91 Å². The Morgan fingerprint density at radius 3 is 2.59 bits per heavy atom. The number of benzene rings is 1. The highest BCUT2D eigenvalue weighted by atomic mass is 35.5. The molecule has 8 nitrogen and oxygen atoms in total. The molecule has 11 heteroatoms. The van der Waals surface area contributed by atoms with Crippen molar-refractivity contribution < 1.29 is 19.2 Å². The molecule has 2 aromatic rings. The zero-order chi connectivity index (χ0) is 19.4. The SMILES string of the molecule is O=C(/C=C1\SC(=O)N(CC(=O)Nc2nccs2)C1=O)Nc1ccc(Cl)cc1. The van der Waals surface area contributed by atoms with Crippen LogP contribution >= 0.6 is 34.7 Å². The monoisotopic (exact) mass is 422 g/mol. The summed E-state index contributed by atoms with van der Waals surface area (Å²) in [6, 6.07) is 6.41. The number of thioether (sulfide) groups is 1. The quantitative estimate of drug-likeness (QED) is 0.717. The van der Waals surface area contributed by atoms with Crippen molar-refractivity contribution in [1.82, 2.24) is 9.88 Å². The van der Waals surface area contributed by atoms with Crippen LogP contribution in [0, 0.1) is 0 Å². The van der Waals surface area contributed by atoms with Crippen molar-refractivity contribution in [2.75, 3.05) is 17.2 Å². The molecular weight excluding hydrogens is 412 g/mol. The summed E-state index contributed by atoms with van der Waals surface area (Å²) in [5.74, 6) is -1.83. The Hall–Kier alpha value is -2.69. The molecule has 0 unspecified atom stereocenters. The van der Waals surface area contributed by atoms with Gasteiger partial charge in [-0.1, -0.05) is 11.6 Å². The third kappa shape index (κ3) is 4.94. The van der Waals surface area contributed by atoms with Crippen LogP contribution in [0.15, 0.2) is 46.8 Å².